The minimum absolute atomic E-state index is 0.0487. The molecule has 0 atom stereocenters. The standard InChI is InChI=1S/C24H26FN3O3S/c1-31-15-14-28(13-7-10-18-8-3-2-4-9-18)22(29)16-19-17-32-24(26-19)27-23(30)20-11-5-6-12-21(20)25/h2-6,8-9,11-12,17H,7,10,13-16H2,1H3,(H,26,27,30). The molecular formula is C24H26FN3O3S. The summed E-state index contributed by atoms with van der Waals surface area (Å²) in [4.78, 5) is 31.2. The topological polar surface area (TPSA) is 71.5 Å². The predicted octanol–water partition coefficient (Wildman–Crippen LogP) is 4.18. The van der Waals surface area contributed by atoms with Gasteiger partial charge in [-0.3, -0.25) is 14.9 Å². The van der Waals surface area contributed by atoms with Crippen molar-refractivity contribution >= 4 is 28.3 Å². The molecule has 1 aromatic heterocycles. The Kier molecular flexibility index (Phi) is 8.89. The SMILES string of the molecule is COCCN(CCCc1ccccc1)C(=O)Cc1csc(NC(=O)c2ccccc2F)n1. The molecule has 0 fully saturated rings. The summed E-state index contributed by atoms with van der Waals surface area (Å²) >= 11 is 1.20. The molecule has 168 valence electrons. The van der Waals surface area contributed by atoms with Crippen LogP contribution in [0.2, 0.25) is 0 Å². The van der Waals surface area contributed by atoms with Crippen molar-refractivity contribution in [2.75, 3.05) is 32.1 Å². The fraction of sp³-hybridized carbons (Fsp3) is 0.292. The van der Waals surface area contributed by atoms with Crippen LogP contribution < -0.4 is 5.32 Å². The van der Waals surface area contributed by atoms with E-state index in [1.165, 1.54) is 35.1 Å². The first-order valence-corrected chi connectivity index (χ1v) is 11.3. The van der Waals surface area contributed by atoms with Gasteiger partial charge in [0, 0.05) is 25.6 Å². The molecule has 0 unspecified atom stereocenters. The van der Waals surface area contributed by atoms with E-state index in [9.17, 15) is 14.0 Å². The molecule has 0 saturated carbocycles. The number of nitrogens with zero attached hydrogens (tertiary/aromatic N) is 2. The highest BCUT2D eigenvalue weighted by Gasteiger charge is 2.17. The lowest BCUT2D eigenvalue weighted by molar-refractivity contribution is -0.131. The van der Waals surface area contributed by atoms with Crippen molar-refractivity contribution in [2.24, 2.45) is 0 Å². The maximum absolute atomic E-state index is 13.8. The maximum Gasteiger partial charge on any atom is 0.260 e. The molecule has 3 rings (SSSR count). The number of carbonyl (C=O) groups excluding carboxylic acids is 2. The van der Waals surface area contributed by atoms with Gasteiger partial charge in [0.15, 0.2) is 5.13 Å². The number of hydrogen-bond acceptors (Lipinski definition) is 5. The zero-order valence-corrected chi connectivity index (χ0v) is 18.7. The van der Waals surface area contributed by atoms with Gasteiger partial charge in [-0.05, 0) is 30.5 Å². The largest absolute Gasteiger partial charge is 0.383 e. The molecule has 32 heavy (non-hydrogen) atoms. The lowest BCUT2D eigenvalue weighted by atomic mass is 10.1. The number of thiazole rings is 1. The molecule has 8 heteroatoms. The van der Waals surface area contributed by atoms with Gasteiger partial charge >= 0.3 is 0 Å². The van der Waals surface area contributed by atoms with Crippen molar-refractivity contribution in [3.63, 3.8) is 0 Å². The Morgan fingerprint density at radius 3 is 2.59 bits per heavy atom. The lowest BCUT2D eigenvalue weighted by Gasteiger charge is -2.22. The van der Waals surface area contributed by atoms with Crippen LogP contribution in [0.15, 0.2) is 60.0 Å². The highest BCUT2D eigenvalue weighted by molar-refractivity contribution is 7.14. The fourth-order valence-corrected chi connectivity index (χ4v) is 3.91. The Hall–Kier alpha value is -3.10. The minimum Gasteiger partial charge on any atom is -0.383 e. The second-order valence-electron chi connectivity index (χ2n) is 7.22. The number of halogens is 1. The van der Waals surface area contributed by atoms with Crippen molar-refractivity contribution < 1.29 is 18.7 Å². The molecule has 0 radical (unpaired) electrons. The van der Waals surface area contributed by atoms with Crippen LogP contribution in [-0.4, -0.2) is 48.5 Å². The van der Waals surface area contributed by atoms with Crippen LogP contribution in [0, 0.1) is 5.82 Å². The number of nitrogens with one attached hydrogen (secondary N) is 1. The predicted molar refractivity (Wildman–Crippen MR) is 123 cm³/mol. The molecule has 1 N–H and O–H groups in total. The van der Waals surface area contributed by atoms with E-state index in [4.69, 9.17) is 4.74 Å². The summed E-state index contributed by atoms with van der Waals surface area (Å²) in [5, 5.41) is 4.65. The Labute approximate surface area is 191 Å². The van der Waals surface area contributed by atoms with E-state index in [0.29, 0.717) is 30.5 Å². The van der Waals surface area contributed by atoms with Gasteiger partial charge in [-0.15, -0.1) is 11.3 Å². The number of rotatable bonds is 11. The van der Waals surface area contributed by atoms with Gasteiger partial charge < -0.3 is 9.64 Å². The molecule has 0 aliphatic heterocycles. The van der Waals surface area contributed by atoms with Gasteiger partial charge in [-0.1, -0.05) is 42.5 Å². The summed E-state index contributed by atoms with van der Waals surface area (Å²) in [6, 6.07) is 15.9. The van der Waals surface area contributed by atoms with Crippen LogP contribution in [0.1, 0.15) is 28.0 Å². The summed E-state index contributed by atoms with van der Waals surface area (Å²) < 4.78 is 18.9. The Morgan fingerprint density at radius 2 is 1.84 bits per heavy atom. The van der Waals surface area contributed by atoms with Crippen molar-refractivity contribution in [1.82, 2.24) is 9.88 Å². The molecule has 0 spiro atoms. The average molecular weight is 456 g/mol. The molecule has 0 saturated heterocycles. The molecule has 3 aromatic rings. The van der Waals surface area contributed by atoms with Gasteiger partial charge in [0.2, 0.25) is 5.91 Å². The maximum atomic E-state index is 13.8. The van der Waals surface area contributed by atoms with E-state index in [-0.39, 0.29) is 17.9 Å². The zero-order chi connectivity index (χ0) is 22.8. The molecular weight excluding hydrogens is 429 g/mol. The zero-order valence-electron chi connectivity index (χ0n) is 17.9. The number of ether oxygens (including phenoxy) is 1. The summed E-state index contributed by atoms with van der Waals surface area (Å²) in [5.41, 5.74) is 1.75. The first-order chi connectivity index (χ1) is 15.6. The van der Waals surface area contributed by atoms with Gasteiger partial charge in [0.05, 0.1) is 24.3 Å². The fourth-order valence-electron chi connectivity index (χ4n) is 3.20. The normalized spacial score (nSPS) is 10.7. The first kappa shape index (κ1) is 23.6. The van der Waals surface area contributed by atoms with E-state index in [2.05, 4.69) is 22.4 Å². The van der Waals surface area contributed by atoms with Gasteiger partial charge in [-0.25, -0.2) is 9.37 Å². The number of benzene rings is 2. The van der Waals surface area contributed by atoms with Crippen molar-refractivity contribution in [2.45, 2.75) is 19.3 Å². The lowest BCUT2D eigenvalue weighted by Crippen LogP contribution is -2.36. The smallest absolute Gasteiger partial charge is 0.260 e. The monoisotopic (exact) mass is 455 g/mol. The van der Waals surface area contributed by atoms with Crippen LogP contribution >= 0.6 is 11.3 Å². The van der Waals surface area contributed by atoms with E-state index < -0.39 is 11.7 Å². The number of hydrogen-bond donors (Lipinski definition) is 1. The average Bonchev–Trinajstić information content (AvgIpc) is 3.23. The molecule has 0 aliphatic carbocycles. The molecule has 6 nitrogen and oxygen atoms in total. The second-order valence-corrected chi connectivity index (χ2v) is 8.08. The number of methoxy groups -OCH3 is 1. The molecule has 0 aliphatic rings. The van der Waals surface area contributed by atoms with E-state index in [0.717, 1.165) is 12.8 Å². The van der Waals surface area contributed by atoms with E-state index >= 15 is 0 Å². The van der Waals surface area contributed by atoms with Crippen molar-refractivity contribution in [3.05, 3.63) is 82.6 Å². The minimum atomic E-state index is -0.596. The van der Waals surface area contributed by atoms with Gasteiger partial charge in [0.1, 0.15) is 5.82 Å². The van der Waals surface area contributed by atoms with Crippen molar-refractivity contribution in [3.8, 4) is 0 Å². The van der Waals surface area contributed by atoms with Gasteiger partial charge in [-0.2, -0.15) is 0 Å². The van der Waals surface area contributed by atoms with Gasteiger partial charge in [0.25, 0.3) is 5.91 Å². The Morgan fingerprint density at radius 1 is 1.09 bits per heavy atom. The molecule has 1 heterocycles. The molecule has 0 bridgehead atoms. The molecule has 2 amide bonds. The third-order valence-electron chi connectivity index (χ3n) is 4.88. The first-order valence-electron chi connectivity index (χ1n) is 10.4. The second kappa shape index (κ2) is 12.1. The quantitative estimate of drug-likeness (QED) is 0.471. The van der Waals surface area contributed by atoms with Crippen molar-refractivity contribution in [1.29, 1.82) is 0 Å². The Balaban J connectivity index is 1.55. The number of anilines is 1. The van der Waals surface area contributed by atoms with Crippen LogP contribution in [0.25, 0.3) is 0 Å². The highest BCUT2D eigenvalue weighted by atomic mass is 32.1. The highest BCUT2D eigenvalue weighted by Crippen LogP contribution is 2.18. The van der Waals surface area contributed by atoms with Crippen LogP contribution in [-0.2, 0) is 22.4 Å². The Bertz CT molecular complexity index is 1030. The summed E-state index contributed by atoms with van der Waals surface area (Å²) in [6.45, 7) is 1.58. The number of aryl methyl sites for hydroxylation is 1. The van der Waals surface area contributed by atoms with E-state index in [1.54, 1.807) is 23.5 Å². The summed E-state index contributed by atoms with van der Waals surface area (Å²) in [7, 11) is 1.61. The number of carbonyl (C=O) groups is 2. The summed E-state index contributed by atoms with van der Waals surface area (Å²) in [5.74, 6) is -1.22. The molecule has 2 aromatic carbocycles. The van der Waals surface area contributed by atoms with Crippen LogP contribution in [0.3, 0.4) is 0 Å². The third-order valence-corrected chi connectivity index (χ3v) is 5.68. The summed E-state index contributed by atoms with van der Waals surface area (Å²) in [6.07, 6.45) is 1.86. The van der Waals surface area contributed by atoms with Crippen LogP contribution in [0.4, 0.5) is 9.52 Å². The van der Waals surface area contributed by atoms with E-state index in [1.807, 2.05) is 18.2 Å². The number of aromatic nitrogens is 1. The van der Waals surface area contributed by atoms with Crippen LogP contribution in [0.5, 0.6) is 0 Å². The number of amides is 2. The third kappa shape index (κ3) is 6.96.